The van der Waals surface area contributed by atoms with Gasteiger partial charge in [0.15, 0.2) is 0 Å². The van der Waals surface area contributed by atoms with Crippen LogP contribution in [-0.2, 0) is 21.9 Å². The highest BCUT2D eigenvalue weighted by molar-refractivity contribution is 7.89. The number of hydrogen-bond acceptors (Lipinski definition) is 3. The van der Waals surface area contributed by atoms with Gasteiger partial charge in [-0.05, 0) is 35.1 Å². The molecule has 0 heterocycles. The average Bonchev–Trinajstić information content (AvgIpc) is 2.53. The molecule has 0 radical (unpaired) electrons. The molecule has 0 aliphatic carbocycles. The Morgan fingerprint density at radius 1 is 1.00 bits per heavy atom. The van der Waals surface area contributed by atoms with Gasteiger partial charge in [0.1, 0.15) is 0 Å². The minimum Gasteiger partial charge on any atom is -0.391 e. The predicted molar refractivity (Wildman–Crippen MR) is 96.5 cm³/mol. The van der Waals surface area contributed by atoms with E-state index >= 15 is 0 Å². The summed E-state index contributed by atoms with van der Waals surface area (Å²) in [5.41, 5.74) is 2.02. The number of aliphatic hydroxyl groups is 1. The molecule has 0 fully saturated rings. The molecule has 0 aromatic heterocycles. The Kier molecular flexibility index (Phi) is 5.80. The van der Waals surface area contributed by atoms with E-state index in [1.807, 2.05) is 42.5 Å². The first-order valence-electron chi connectivity index (χ1n) is 8.01. The lowest BCUT2D eigenvalue weighted by atomic mass is 9.87. The number of sulfonamides is 1. The van der Waals surface area contributed by atoms with Gasteiger partial charge in [-0.25, -0.2) is 13.1 Å². The van der Waals surface area contributed by atoms with Crippen LogP contribution in [0, 0.1) is 0 Å². The minimum atomic E-state index is -3.62. The molecule has 2 aromatic carbocycles. The monoisotopic (exact) mass is 347 g/mol. The van der Waals surface area contributed by atoms with Crippen LogP contribution in [0.2, 0.25) is 0 Å². The van der Waals surface area contributed by atoms with Crippen LogP contribution in [0.15, 0.2) is 59.5 Å². The fraction of sp³-hybridized carbons (Fsp3) is 0.368. The van der Waals surface area contributed by atoms with Crippen LogP contribution in [0.4, 0.5) is 0 Å². The maximum absolute atomic E-state index is 12.3. The smallest absolute Gasteiger partial charge is 0.240 e. The second kappa shape index (κ2) is 7.47. The third kappa shape index (κ3) is 5.16. The van der Waals surface area contributed by atoms with E-state index in [0.29, 0.717) is 6.42 Å². The van der Waals surface area contributed by atoms with Gasteiger partial charge in [0, 0.05) is 6.54 Å². The summed E-state index contributed by atoms with van der Waals surface area (Å²) in [6, 6.07) is 16.4. The summed E-state index contributed by atoms with van der Waals surface area (Å²) < 4.78 is 27.1. The largest absolute Gasteiger partial charge is 0.391 e. The lowest BCUT2D eigenvalue weighted by molar-refractivity contribution is 0.179. The molecule has 24 heavy (non-hydrogen) atoms. The molecule has 1 unspecified atom stereocenters. The first-order valence-corrected chi connectivity index (χ1v) is 9.49. The van der Waals surface area contributed by atoms with E-state index in [4.69, 9.17) is 0 Å². The molecule has 4 nitrogen and oxygen atoms in total. The molecule has 0 saturated carbocycles. The lowest BCUT2D eigenvalue weighted by Gasteiger charge is -2.19. The van der Waals surface area contributed by atoms with Crippen molar-refractivity contribution in [2.75, 3.05) is 6.54 Å². The topological polar surface area (TPSA) is 66.4 Å². The standard InChI is InChI=1S/C19H25NO3S/c1-19(2,3)16-9-11-18(12-10-16)24(22,23)20-14-17(21)13-15-7-5-4-6-8-15/h4-12,17,20-21H,13-14H2,1-3H3. The van der Waals surface area contributed by atoms with Crippen LogP contribution in [0.5, 0.6) is 0 Å². The molecular weight excluding hydrogens is 322 g/mol. The molecule has 0 saturated heterocycles. The normalized spacial score (nSPS) is 13.7. The van der Waals surface area contributed by atoms with Crippen LogP contribution < -0.4 is 4.72 Å². The highest BCUT2D eigenvalue weighted by Gasteiger charge is 2.18. The fourth-order valence-electron chi connectivity index (χ4n) is 2.38. The van der Waals surface area contributed by atoms with Gasteiger partial charge in [0.2, 0.25) is 10.0 Å². The van der Waals surface area contributed by atoms with Crippen molar-refractivity contribution in [3.05, 3.63) is 65.7 Å². The molecule has 0 aliphatic heterocycles. The van der Waals surface area contributed by atoms with Crippen molar-refractivity contribution in [3.8, 4) is 0 Å². The quantitative estimate of drug-likeness (QED) is 0.844. The maximum Gasteiger partial charge on any atom is 0.240 e. The summed E-state index contributed by atoms with van der Waals surface area (Å²) in [6.45, 7) is 6.22. The molecule has 0 aliphatic rings. The van der Waals surface area contributed by atoms with Crippen LogP contribution in [0.3, 0.4) is 0 Å². The summed E-state index contributed by atoms with van der Waals surface area (Å²) in [6.07, 6.45) is -0.359. The van der Waals surface area contributed by atoms with E-state index in [9.17, 15) is 13.5 Å². The maximum atomic E-state index is 12.3. The van der Waals surface area contributed by atoms with Gasteiger partial charge >= 0.3 is 0 Å². The van der Waals surface area contributed by atoms with Crippen molar-refractivity contribution in [1.82, 2.24) is 4.72 Å². The highest BCUT2D eigenvalue weighted by Crippen LogP contribution is 2.23. The van der Waals surface area contributed by atoms with Crippen molar-refractivity contribution in [1.29, 1.82) is 0 Å². The number of nitrogens with one attached hydrogen (secondary N) is 1. The van der Waals surface area contributed by atoms with Crippen molar-refractivity contribution < 1.29 is 13.5 Å². The van der Waals surface area contributed by atoms with Gasteiger partial charge < -0.3 is 5.11 Å². The fourth-order valence-corrected chi connectivity index (χ4v) is 3.45. The van der Waals surface area contributed by atoms with Gasteiger partial charge in [-0.3, -0.25) is 0 Å². The third-order valence-corrected chi connectivity index (χ3v) is 5.29. The van der Waals surface area contributed by atoms with Crippen LogP contribution in [0.1, 0.15) is 31.9 Å². The summed E-state index contributed by atoms with van der Waals surface area (Å²) >= 11 is 0. The number of benzene rings is 2. The Balaban J connectivity index is 1.98. The zero-order chi connectivity index (χ0) is 17.8. The summed E-state index contributed by atoms with van der Waals surface area (Å²) in [5, 5.41) is 10.0. The zero-order valence-corrected chi connectivity index (χ0v) is 15.2. The van der Waals surface area contributed by atoms with Crippen LogP contribution >= 0.6 is 0 Å². The third-order valence-electron chi connectivity index (χ3n) is 3.85. The Labute approximate surface area is 144 Å². The first-order chi connectivity index (χ1) is 11.2. The van der Waals surface area contributed by atoms with Crippen molar-refractivity contribution in [2.24, 2.45) is 0 Å². The molecule has 0 bridgehead atoms. The molecule has 130 valence electrons. The molecular formula is C19H25NO3S. The molecule has 1 atom stereocenters. The van der Waals surface area contributed by atoms with Crippen molar-refractivity contribution >= 4 is 10.0 Å². The Morgan fingerprint density at radius 2 is 1.58 bits per heavy atom. The molecule has 0 spiro atoms. The van der Waals surface area contributed by atoms with E-state index in [-0.39, 0.29) is 16.9 Å². The van der Waals surface area contributed by atoms with Gasteiger partial charge in [-0.1, -0.05) is 63.2 Å². The van der Waals surface area contributed by atoms with Gasteiger partial charge in [-0.15, -0.1) is 0 Å². The molecule has 0 amide bonds. The SMILES string of the molecule is CC(C)(C)c1ccc(S(=O)(=O)NCC(O)Cc2ccccc2)cc1. The number of rotatable bonds is 6. The van der Waals surface area contributed by atoms with Crippen molar-refractivity contribution in [3.63, 3.8) is 0 Å². The average molecular weight is 347 g/mol. The summed E-state index contributed by atoms with van der Waals surface area (Å²) in [7, 11) is -3.62. The zero-order valence-electron chi connectivity index (χ0n) is 14.4. The van der Waals surface area contributed by atoms with Crippen LogP contribution in [0.25, 0.3) is 0 Å². The second-order valence-electron chi connectivity index (χ2n) is 6.97. The molecule has 2 rings (SSSR count). The number of hydrogen-bond donors (Lipinski definition) is 2. The summed E-state index contributed by atoms with van der Waals surface area (Å²) in [4.78, 5) is 0.211. The van der Waals surface area contributed by atoms with E-state index in [1.54, 1.807) is 12.1 Å². The highest BCUT2D eigenvalue weighted by atomic mass is 32.2. The lowest BCUT2D eigenvalue weighted by Crippen LogP contribution is -2.33. The second-order valence-corrected chi connectivity index (χ2v) is 8.74. The van der Waals surface area contributed by atoms with Gasteiger partial charge in [0.05, 0.1) is 11.0 Å². The Bertz CT molecular complexity index is 747. The first kappa shape index (κ1) is 18.6. The minimum absolute atomic E-state index is 0.0156. The van der Waals surface area contributed by atoms with E-state index < -0.39 is 16.1 Å². The van der Waals surface area contributed by atoms with Crippen LogP contribution in [-0.4, -0.2) is 26.2 Å². The van der Waals surface area contributed by atoms with Crippen molar-refractivity contribution in [2.45, 2.75) is 43.6 Å². The summed E-state index contributed by atoms with van der Waals surface area (Å²) in [5.74, 6) is 0. The van der Waals surface area contributed by atoms with Gasteiger partial charge in [-0.2, -0.15) is 0 Å². The molecule has 5 heteroatoms. The van der Waals surface area contributed by atoms with E-state index in [1.165, 1.54) is 0 Å². The van der Waals surface area contributed by atoms with E-state index in [0.717, 1.165) is 11.1 Å². The Hall–Kier alpha value is -1.69. The molecule has 2 aromatic rings. The van der Waals surface area contributed by atoms with Gasteiger partial charge in [0.25, 0.3) is 0 Å². The number of aliphatic hydroxyl groups excluding tert-OH is 1. The van der Waals surface area contributed by atoms with E-state index in [2.05, 4.69) is 25.5 Å². The molecule has 2 N–H and O–H groups in total. The Morgan fingerprint density at radius 3 is 2.12 bits per heavy atom. The predicted octanol–water partition coefficient (Wildman–Crippen LogP) is 2.87.